The van der Waals surface area contributed by atoms with Gasteiger partial charge in [0.25, 0.3) is 5.91 Å². The van der Waals surface area contributed by atoms with Crippen molar-refractivity contribution >= 4 is 5.91 Å². The molecule has 1 aromatic heterocycles. The van der Waals surface area contributed by atoms with Crippen molar-refractivity contribution in [1.29, 1.82) is 0 Å². The van der Waals surface area contributed by atoms with E-state index in [4.69, 9.17) is 14.0 Å². The molecule has 186 valence electrons. The third-order valence-electron chi connectivity index (χ3n) is 5.82. The number of benzene rings is 3. The largest absolute Gasteiger partial charge is 1.00 e. The molecule has 10 heteroatoms. The maximum absolute atomic E-state index is 11.5. The number of amides is 1. The summed E-state index contributed by atoms with van der Waals surface area (Å²) in [5, 5.41) is 2.54. The van der Waals surface area contributed by atoms with Crippen molar-refractivity contribution in [2.75, 3.05) is 13.7 Å². The Hall–Kier alpha value is -3.53. The monoisotopic (exact) mass is 511 g/mol. The van der Waals surface area contributed by atoms with E-state index >= 15 is 0 Å². The molecule has 4 rings (SSSR count). The molecule has 0 saturated carbocycles. The number of likely N-dealkylation sites (N-methyl/N-ethyl adjacent to an activating group) is 1. The number of nitrogens with one attached hydrogen (secondary N) is 1. The minimum atomic E-state index is -0.905. The van der Waals surface area contributed by atoms with Gasteiger partial charge in [0.1, 0.15) is 18.1 Å². The van der Waals surface area contributed by atoms with Gasteiger partial charge in [0.2, 0.25) is 0 Å². The van der Waals surface area contributed by atoms with Gasteiger partial charge in [-0.15, -0.1) is 0 Å². The van der Waals surface area contributed by atoms with E-state index in [2.05, 4.69) is 23.3 Å². The molecule has 0 unspecified atom stereocenters. The first-order valence-electron chi connectivity index (χ1n) is 11.3. The smallest absolute Gasteiger partial charge is 0.489 e. The quantitative estimate of drug-likeness (QED) is 0.310. The molecule has 3 aromatic carbocycles. The summed E-state index contributed by atoms with van der Waals surface area (Å²) < 4.78 is 17.2. The Balaban J connectivity index is 0.00000380. The summed E-state index contributed by atoms with van der Waals surface area (Å²) >= 11 is 0. The van der Waals surface area contributed by atoms with Crippen LogP contribution >= 0.6 is 0 Å². The maximum Gasteiger partial charge on any atom is 1.00 e. The molecule has 0 fully saturated rings. The molecule has 0 saturated heterocycles. The predicted molar refractivity (Wildman–Crippen MR) is 133 cm³/mol. The maximum atomic E-state index is 11.5. The van der Waals surface area contributed by atoms with Crippen LogP contribution in [0.3, 0.4) is 0 Å². The molecule has 0 spiro atoms. The summed E-state index contributed by atoms with van der Waals surface area (Å²) in [5.41, 5.74) is 5.43. The van der Waals surface area contributed by atoms with E-state index in [9.17, 15) is 14.4 Å². The molecule has 4 aromatic rings. The molecular weight excluding hydrogens is 485 g/mol. The third-order valence-corrected chi connectivity index (χ3v) is 5.82. The molecule has 1 heterocycles. The zero-order valence-corrected chi connectivity index (χ0v) is 23.2. The van der Waals surface area contributed by atoms with Crippen molar-refractivity contribution in [3.63, 3.8) is 0 Å². The van der Waals surface area contributed by atoms with Gasteiger partial charge in [0.05, 0.1) is 0 Å². The molecule has 1 amide bonds. The van der Waals surface area contributed by atoms with Crippen LogP contribution in [0.1, 0.15) is 22.3 Å². The summed E-state index contributed by atoms with van der Waals surface area (Å²) in [7, 11) is 1.57. The first-order chi connectivity index (χ1) is 17.3. The van der Waals surface area contributed by atoms with Crippen LogP contribution in [0, 0.1) is 13.8 Å². The molecule has 37 heavy (non-hydrogen) atoms. The van der Waals surface area contributed by atoms with Crippen LogP contribution in [0.25, 0.3) is 11.1 Å². The molecule has 9 nitrogen and oxygen atoms in total. The van der Waals surface area contributed by atoms with Gasteiger partial charge in [-0.3, -0.25) is 14.3 Å². The molecule has 0 radical (unpaired) electrons. The first kappa shape index (κ1) is 28.0. The first-order valence-corrected chi connectivity index (χ1v) is 11.3. The molecule has 0 aliphatic carbocycles. The van der Waals surface area contributed by atoms with Crippen molar-refractivity contribution in [1.82, 2.24) is 15.0 Å². The average Bonchev–Trinajstić information content (AvgIpc) is 3.19. The number of hydrogen-bond donors (Lipinski definition) is 1. The fourth-order valence-corrected chi connectivity index (χ4v) is 3.79. The zero-order valence-electron chi connectivity index (χ0n) is 21.2. The van der Waals surface area contributed by atoms with Crippen LogP contribution in [-0.2, 0) is 17.9 Å². The van der Waals surface area contributed by atoms with Gasteiger partial charge in [0, 0.05) is 13.6 Å². The van der Waals surface area contributed by atoms with Crippen molar-refractivity contribution in [2.45, 2.75) is 27.0 Å². The molecular formula is C27H26N3NaO6. The van der Waals surface area contributed by atoms with Gasteiger partial charge in [-0.1, -0.05) is 36.4 Å². The number of ether oxygens (including phenoxy) is 2. The third kappa shape index (κ3) is 7.03. The fourth-order valence-electron chi connectivity index (χ4n) is 3.79. The van der Waals surface area contributed by atoms with Crippen LogP contribution in [0.2, 0.25) is 0 Å². The number of carbonyl (C=O) groups is 1. The Morgan fingerprint density at radius 3 is 2.35 bits per heavy atom. The van der Waals surface area contributed by atoms with Crippen LogP contribution in [0.15, 0.2) is 74.8 Å². The second-order valence-electron chi connectivity index (χ2n) is 8.25. The van der Waals surface area contributed by atoms with E-state index in [-0.39, 0.29) is 48.6 Å². The van der Waals surface area contributed by atoms with E-state index in [0.717, 1.165) is 38.1 Å². The van der Waals surface area contributed by atoms with Gasteiger partial charge in [-0.05, 0) is 71.5 Å². The van der Waals surface area contributed by atoms with E-state index in [1.807, 2.05) is 37.3 Å². The number of carbonyl (C=O) groups excluding carboxylic acids is 1. The Kier molecular flexibility index (Phi) is 9.57. The number of aryl methyl sites for hydroxylation is 1. The molecule has 0 aliphatic heterocycles. The summed E-state index contributed by atoms with van der Waals surface area (Å²) in [6, 6.07) is 19.1. The number of nitrogens with zero attached hydrogens (tertiary/aromatic N) is 2. The predicted octanol–water partition coefficient (Wildman–Crippen LogP) is -0.201. The second kappa shape index (κ2) is 12.6. The SMILES string of the molecule is CNC(=O)COc1ccc(-c2cccc(COc3ccc(Cn4oc(=O)[n-]c4=O)cc3)c2C)c(C)c1.[Na+]. The average molecular weight is 512 g/mol. The van der Waals surface area contributed by atoms with Crippen molar-refractivity contribution in [3.05, 3.63) is 104 Å². The van der Waals surface area contributed by atoms with Crippen LogP contribution < -0.4 is 60.8 Å². The summed E-state index contributed by atoms with van der Waals surface area (Å²) in [6.07, 6.45) is 0. The molecule has 0 atom stereocenters. The van der Waals surface area contributed by atoms with Crippen LogP contribution in [0.5, 0.6) is 11.5 Å². The Labute approximate surface area is 235 Å². The van der Waals surface area contributed by atoms with Gasteiger partial charge in [0.15, 0.2) is 12.3 Å². The van der Waals surface area contributed by atoms with Crippen molar-refractivity contribution in [2.24, 2.45) is 0 Å². The Morgan fingerprint density at radius 1 is 0.973 bits per heavy atom. The minimum Gasteiger partial charge on any atom is -0.489 e. The van der Waals surface area contributed by atoms with Crippen LogP contribution in [-0.4, -0.2) is 24.3 Å². The molecule has 1 N–H and O–H groups in total. The van der Waals surface area contributed by atoms with E-state index < -0.39 is 11.4 Å². The van der Waals surface area contributed by atoms with Gasteiger partial charge < -0.3 is 24.3 Å². The summed E-state index contributed by atoms with van der Waals surface area (Å²) in [4.78, 5) is 37.2. The zero-order chi connectivity index (χ0) is 25.7. The Morgan fingerprint density at radius 2 is 1.70 bits per heavy atom. The van der Waals surface area contributed by atoms with Crippen LogP contribution in [0.4, 0.5) is 0 Å². The van der Waals surface area contributed by atoms with Gasteiger partial charge >= 0.3 is 35.3 Å². The number of hydrogen-bond acceptors (Lipinski definition) is 6. The normalized spacial score (nSPS) is 10.5. The second-order valence-corrected chi connectivity index (χ2v) is 8.25. The van der Waals surface area contributed by atoms with E-state index in [1.54, 1.807) is 31.3 Å². The summed E-state index contributed by atoms with van der Waals surface area (Å²) in [6.45, 7) is 4.54. The van der Waals surface area contributed by atoms with E-state index in [0.29, 0.717) is 18.1 Å². The Bertz CT molecular complexity index is 1490. The topological polar surface area (TPSA) is 114 Å². The number of rotatable bonds is 9. The van der Waals surface area contributed by atoms with E-state index in [1.165, 1.54) is 0 Å². The standard InChI is InChI=1S/C27H27N3O6.Na/c1-17-13-22(35-16-25(31)28-3)11-12-23(17)24-6-4-5-20(18(24)2)15-34-21-9-7-19(8-10-21)14-30-26(32)29-27(33)36-30;/h4-13H,14-16H2,1-3H3,(H2,28,29,31,32,33);/q;+1/p-1. The molecule has 0 bridgehead atoms. The fraction of sp³-hybridized carbons (Fsp3) is 0.222. The summed E-state index contributed by atoms with van der Waals surface area (Å²) in [5.74, 6) is 0.227. The number of aromatic nitrogens is 2. The minimum absolute atomic E-state index is 0. The van der Waals surface area contributed by atoms with Crippen molar-refractivity contribution in [3.8, 4) is 22.6 Å². The van der Waals surface area contributed by atoms with Crippen molar-refractivity contribution < 1.29 is 48.3 Å². The molecule has 0 aliphatic rings. The van der Waals surface area contributed by atoms with Gasteiger partial charge in [-0.2, -0.15) is 0 Å². The van der Waals surface area contributed by atoms with Gasteiger partial charge in [-0.25, -0.2) is 4.79 Å².